The van der Waals surface area contributed by atoms with Crippen molar-refractivity contribution in [3.63, 3.8) is 0 Å². The summed E-state index contributed by atoms with van der Waals surface area (Å²) >= 11 is 1.45. The fourth-order valence-electron chi connectivity index (χ4n) is 13.1. The van der Waals surface area contributed by atoms with Gasteiger partial charge in [-0.15, -0.1) is 0 Å². The Morgan fingerprint density at radius 2 is 1.16 bits per heavy atom. The van der Waals surface area contributed by atoms with Gasteiger partial charge in [0.15, 0.2) is 5.96 Å². The number of carbonyl (C=O) groups excluding carboxylic acids is 17. The van der Waals surface area contributed by atoms with Crippen LogP contribution < -0.4 is 108 Å². The number of aromatic hydroxyl groups is 1. The normalized spacial score (nSPS) is 16.9. The Balaban J connectivity index is 1.13. The van der Waals surface area contributed by atoms with E-state index in [1.165, 1.54) is 55.5 Å². The van der Waals surface area contributed by atoms with Gasteiger partial charge in [0.05, 0.1) is 37.6 Å². The second kappa shape index (κ2) is 53.9. The number of rotatable bonds is 52. The highest BCUT2D eigenvalue weighted by Gasteiger charge is 2.37. The number of aliphatic carboxylic acids is 1. The minimum atomic E-state index is -1.73. The van der Waals surface area contributed by atoms with Crippen LogP contribution >= 0.6 is 11.8 Å². The van der Waals surface area contributed by atoms with Crippen LogP contribution in [0.25, 0.3) is 10.9 Å². The zero-order valence-electron chi connectivity index (χ0n) is 71.5. The van der Waals surface area contributed by atoms with Crippen molar-refractivity contribution in [2.24, 2.45) is 34.8 Å². The van der Waals surface area contributed by atoms with Crippen LogP contribution in [0, 0.1) is 17.2 Å². The molecule has 17 amide bonds. The molecule has 2 aromatic carbocycles. The van der Waals surface area contributed by atoms with Crippen LogP contribution in [-0.4, -0.2) is 255 Å². The molecule has 0 radical (unpaired) electrons. The number of unbranched alkanes of at least 4 members (excludes halogenated alkanes) is 3. The summed E-state index contributed by atoms with van der Waals surface area (Å²) in [7, 11) is 0. The average molecular weight is 1780 g/mol. The second-order valence-electron chi connectivity index (χ2n) is 31.3. The maximum absolute atomic E-state index is 14.4. The number of nitrogens with two attached hydrogens (primary N) is 4. The Kier molecular flexibility index (Phi) is 44.3. The highest BCUT2D eigenvalue weighted by Crippen LogP contribution is 2.21. The predicted molar refractivity (Wildman–Crippen MR) is 461 cm³/mol. The van der Waals surface area contributed by atoms with Crippen molar-refractivity contribution in [3.05, 3.63) is 84.1 Å². The van der Waals surface area contributed by atoms with Crippen LogP contribution in [-0.2, 0) is 106 Å². The molecular weight excluding hydrogens is 1660 g/mol. The lowest BCUT2D eigenvalue weighted by Gasteiger charge is -2.26. The van der Waals surface area contributed by atoms with E-state index in [-0.39, 0.29) is 140 Å². The van der Waals surface area contributed by atoms with Gasteiger partial charge in [-0.05, 0) is 131 Å². The molecule has 44 nitrogen and oxygen atoms in total. The highest BCUT2D eigenvalue weighted by atomic mass is 32.2. The van der Waals surface area contributed by atoms with Crippen LogP contribution in [0.2, 0.25) is 0 Å². The Bertz CT molecular complexity index is 4400. The molecule has 3 heterocycles. The van der Waals surface area contributed by atoms with Crippen molar-refractivity contribution in [2.75, 3.05) is 44.7 Å². The number of para-hydroxylation sites is 1. The zero-order valence-corrected chi connectivity index (χ0v) is 72.3. The number of H-pyrrole nitrogens is 2. The third kappa shape index (κ3) is 38.0. The largest absolute Gasteiger partial charge is 0.508 e. The first-order chi connectivity index (χ1) is 59.8. The molecule has 0 unspecified atom stereocenters. The van der Waals surface area contributed by atoms with E-state index in [2.05, 4.69) is 100 Å². The number of nitrogens with zero attached hydrogens (tertiary/aromatic N) is 1. The van der Waals surface area contributed by atoms with Crippen molar-refractivity contribution < 1.29 is 96.5 Å². The zero-order chi connectivity index (χ0) is 93.1. The molecule has 126 heavy (non-hydrogen) atoms. The second-order valence-corrected chi connectivity index (χ2v) is 32.3. The van der Waals surface area contributed by atoms with Gasteiger partial charge in [0.25, 0.3) is 0 Å². The third-order valence-corrected chi connectivity index (χ3v) is 20.7. The van der Waals surface area contributed by atoms with E-state index < -0.39 is 204 Å². The topological polar surface area (TPSA) is 713 Å². The summed E-state index contributed by atoms with van der Waals surface area (Å²) in [4.78, 5) is 252. The maximum Gasteiger partial charge on any atom is 0.305 e. The summed E-state index contributed by atoms with van der Waals surface area (Å²) in [5, 5.41) is 68.9. The summed E-state index contributed by atoms with van der Waals surface area (Å²) in [6.07, 6.45) is 5.65. The van der Waals surface area contributed by atoms with Gasteiger partial charge in [-0.25, -0.2) is 4.98 Å². The molecule has 692 valence electrons. The molecule has 0 spiro atoms. The Labute approximate surface area is 732 Å². The van der Waals surface area contributed by atoms with Crippen LogP contribution in [0.15, 0.2) is 67.3 Å². The first-order valence-electron chi connectivity index (χ1n) is 41.6. The average Bonchev–Trinajstić information content (AvgIpc) is 1.67. The third-order valence-electron chi connectivity index (χ3n) is 20.1. The van der Waals surface area contributed by atoms with E-state index in [0.29, 0.717) is 46.3 Å². The Morgan fingerprint density at radius 1 is 0.556 bits per heavy atom. The number of carboxylic acid groups (broad SMARTS) is 1. The molecule has 2 aromatic heterocycles. The lowest BCUT2D eigenvalue weighted by Crippen LogP contribution is -2.59. The summed E-state index contributed by atoms with van der Waals surface area (Å²) < 4.78 is 0. The van der Waals surface area contributed by atoms with Gasteiger partial charge in [0, 0.05) is 81.5 Å². The van der Waals surface area contributed by atoms with Gasteiger partial charge in [-0.3, -0.25) is 91.7 Å². The number of fused-ring (bicyclic) bond motifs is 1. The maximum atomic E-state index is 14.4. The Morgan fingerprint density at radius 3 is 1.82 bits per heavy atom. The molecule has 1 aliphatic rings. The van der Waals surface area contributed by atoms with E-state index in [1.807, 2.05) is 20.1 Å². The molecular formula is C81H122N24O20S. The minimum absolute atomic E-state index is 0.0111. The fraction of sp³-hybridized carbons (Fsp3) is 0.556. The minimum Gasteiger partial charge on any atom is -0.508 e. The molecule has 0 aliphatic carbocycles. The molecule has 5 rings (SSSR count). The summed E-state index contributed by atoms with van der Waals surface area (Å²) in [6, 6.07) is -3.42. The Hall–Kier alpha value is -13.0. The van der Waals surface area contributed by atoms with Gasteiger partial charge in [-0.2, -0.15) is 11.8 Å². The first-order valence-corrected chi connectivity index (χ1v) is 43.0. The van der Waals surface area contributed by atoms with Gasteiger partial charge in [0.1, 0.15) is 72.2 Å². The number of thioether (sulfide) groups is 1. The van der Waals surface area contributed by atoms with Gasteiger partial charge >= 0.3 is 5.97 Å². The van der Waals surface area contributed by atoms with E-state index in [1.54, 1.807) is 44.3 Å². The standard InChI is InChI=1S/C81H122N24O20S/c1-43(2)33-57(77(122)99-53(69(84)114)28-32-126-6)101-79(124)60(36-48-39-87-42-94-48)98-66(111)41-93-80(125)68(44(3)4)105-70(115)45(5)95-76(121)59(35-47-38-91-52-16-10-9-15-50(47)52)103-75(120)56(25-26-62(83)107)96-64(109)19-8-7-12-29-88-63(108)27-24-51(82)71(116)89-30-13-11-17-55-74(119)102-58(34-46-20-22-49(106)23-21-46)78(123)104-61(37-67(112)113)72(117)92-40-65(110)97-54(73(118)100-55)18-14-31-90-81(85)86/h9-10,15-16,20-23,38-39,42-45,51,53-61,68,91,106H,7-8,11-14,17-19,24-37,40-41,82H2,1-6H3,(H2,83,107)(H2,84,114)(H,87,94)(H,88,108)(H,89,116)(H,92,117)(H,93,125)(H,95,121)(H,96,109)(H,97,110)(H,98,111)(H,99,122)(H,100,118)(H,101,124)(H,102,119)(H,103,120)(H,104,123)(H,105,115)(H,112,113)(H4,85,86,90)/t45-,51-,53+,54+,55+,56-,57-,58-,59+,60+,61+,68+/m0/s1. The van der Waals surface area contributed by atoms with E-state index in [9.17, 15) is 96.5 Å². The quantitative estimate of drug-likeness (QED) is 0.0112. The van der Waals surface area contributed by atoms with Crippen molar-refractivity contribution in [1.29, 1.82) is 5.41 Å². The SMILES string of the molecule is CSCC[C@@H](NC(=O)[C@H](CC(C)C)NC(=O)[C@@H](Cc1c[nH]cn1)NC(=O)CNC(=O)[C@H](NC(=O)[C@H](C)NC(=O)[C@@H](Cc1c[nH]c2ccccc12)NC(=O)[C@H](CCC(N)=O)NC(=O)CCCCCNC(=O)CC[C@H](N)C(=O)NCCCC[C@H]1NC(=O)[C@@H](CCCNC(=N)N)NC(=O)CNC(=O)[C@@H](CC(=O)O)NC(=O)[C@H](Cc2ccc(O)cc2)NC1=O)C(C)C)C(N)=O. The number of hydrogen-bond acceptors (Lipinski definition) is 23. The number of amides is 17. The van der Waals surface area contributed by atoms with Gasteiger partial charge in [0.2, 0.25) is 100 Å². The molecule has 45 heteroatoms. The number of imidazole rings is 1. The molecule has 1 aliphatic heterocycles. The fourth-order valence-corrected chi connectivity index (χ4v) is 13.6. The number of primary amides is 2. The van der Waals surface area contributed by atoms with Crippen LogP contribution in [0.5, 0.6) is 5.75 Å². The first kappa shape index (κ1) is 104. The van der Waals surface area contributed by atoms with E-state index in [0.717, 1.165) is 0 Å². The number of benzene rings is 2. The number of guanidine groups is 1. The number of carboxylic acids is 1. The number of aromatic amines is 2. The van der Waals surface area contributed by atoms with Gasteiger partial charge < -0.3 is 128 Å². The molecule has 29 N–H and O–H groups in total. The highest BCUT2D eigenvalue weighted by molar-refractivity contribution is 7.98. The summed E-state index contributed by atoms with van der Waals surface area (Å²) in [5.74, 6) is -15.8. The number of nitrogens with one attached hydrogen (secondary N) is 19. The molecule has 0 bridgehead atoms. The van der Waals surface area contributed by atoms with E-state index >= 15 is 0 Å². The lowest BCUT2D eigenvalue weighted by atomic mass is 10.0. The van der Waals surface area contributed by atoms with Crippen molar-refractivity contribution >= 4 is 135 Å². The monoisotopic (exact) mass is 1780 g/mol. The van der Waals surface area contributed by atoms with Crippen molar-refractivity contribution in [1.82, 2.24) is 100 Å². The lowest BCUT2D eigenvalue weighted by molar-refractivity contribution is -0.141. The van der Waals surface area contributed by atoms with Crippen molar-refractivity contribution in [3.8, 4) is 5.75 Å². The number of phenolic OH excluding ortho intramolecular Hbond substituents is 1. The molecule has 0 saturated carbocycles. The number of aromatic nitrogens is 3. The smallest absolute Gasteiger partial charge is 0.305 e. The van der Waals surface area contributed by atoms with E-state index in [4.69, 9.17) is 28.3 Å². The van der Waals surface area contributed by atoms with Crippen molar-refractivity contribution in [2.45, 2.75) is 229 Å². The number of hydrogen-bond donors (Lipinski definition) is 25. The predicted octanol–water partition coefficient (Wildman–Crippen LogP) is -4.76. The molecule has 4 aromatic rings. The molecule has 12 atom stereocenters. The summed E-state index contributed by atoms with van der Waals surface area (Å²) in [5.41, 5.74) is 24.7. The number of phenols is 1. The molecule has 1 saturated heterocycles. The van der Waals surface area contributed by atoms with Gasteiger partial charge in [-0.1, -0.05) is 64.4 Å². The van der Waals surface area contributed by atoms with Crippen LogP contribution in [0.1, 0.15) is 154 Å². The van der Waals surface area contributed by atoms with Crippen LogP contribution in [0.3, 0.4) is 0 Å². The molecule has 1 fully saturated rings. The summed E-state index contributed by atoms with van der Waals surface area (Å²) in [6.45, 7) is 7.04. The number of carbonyl (C=O) groups is 18. The van der Waals surface area contributed by atoms with Crippen LogP contribution in [0.4, 0.5) is 0 Å².